The fraction of sp³-hybridized carbons (Fsp3) is 0.462. The third-order valence-corrected chi connectivity index (χ3v) is 4.86. The number of aliphatic hydroxyl groups is 1. The van der Waals surface area contributed by atoms with Crippen molar-refractivity contribution in [3.05, 3.63) is 22.2 Å². The zero-order chi connectivity index (χ0) is 13.3. The van der Waals surface area contributed by atoms with Crippen molar-refractivity contribution in [1.29, 1.82) is 0 Å². The van der Waals surface area contributed by atoms with Crippen molar-refractivity contribution >= 4 is 39.3 Å². The van der Waals surface area contributed by atoms with Crippen molar-refractivity contribution < 1.29 is 9.90 Å². The molecule has 2 N–H and O–H groups in total. The lowest BCUT2D eigenvalue weighted by Crippen LogP contribution is -2.10. The van der Waals surface area contributed by atoms with E-state index >= 15 is 0 Å². The van der Waals surface area contributed by atoms with Crippen molar-refractivity contribution in [2.45, 2.75) is 31.3 Å². The molecule has 0 saturated heterocycles. The maximum absolute atomic E-state index is 11.4. The SMILES string of the molecule is CC(C)CCSc1cc2c(cc1Br)C(O)C(=O)N2. The molecule has 0 aromatic heterocycles. The first-order valence-corrected chi connectivity index (χ1v) is 7.72. The summed E-state index contributed by atoms with van der Waals surface area (Å²) in [6.45, 7) is 4.41. The molecule has 18 heavy (non-hydrogen) atoms. The number of nitrogens with one attached hydrogen (secondary N) is 1. The number of hydrogen-bond acceptors (Lipinski definition) is 3. The van der Waals surface area contributed by atoms with E-state index in [1.807, 2.05) is 12.1 Å². The molecule has 5 heteroatoms. The molecule has 1 aliphatic rings. The van der Waals surface area contributed by atoms with E-state index in [1.54, 1.807) is 11.8 Å². The molecule has 1 aliphatic heterocycles. The Bertz CT molecular complexity index is 476. The molecule has 1 unspecified atom stereocenters. The minimum absolute atomic E-state index is 0.346. The summed E-state index contributed by atoms with van der Waals surface area (Å²) in [7, 11) is 0. The van der Waals surface area contributed by atoms with Crippen LogP contribution < -0.4 is 5.32 Å². The van der Waals surface area contributed by atoms with Crippen LogP contribution in [0.4, 0.5) is 5.69 Å². The molecule has 0 fully saturated rings. The highest BCUT2D eigenvalue weighted by Crippen LogP contribution is 2.39. The Morgan fingerprint density at radius 1 is 1.50 bits per heavy atom. The van der Waals surface area contributed by atoms with Crippen LogP contribution in [0.3, 0.4) is 0 Å². The molecule has 98 valence electrons. The number of halogens is 1. The number of fused-ring (bicyclic) bond motifs is 1. The van der Waals surface area contributed by atoms with Crippen LogP contribution in [0.2, 0.25) is 0 Å². The van der Waals surface area contributed by atoms with Crippen LogP contribution in [-0.4, -0.2) is 16.8 Å². The molecule has 0 spiro atoms. The third-order valence-electron chi connectivity index (χ3n) is 2.86. The first-order valence-electron chi connectivity index (χ1n) is 5.94. The lowest BCUT2D eigenvalue weighted by atomic mass is 10.1. The Balaban J connectivity index is 2.14. The average molecular weight is 330 g/mol. The highest BCUT2D eigenvalue weighted by Gasteiger charge is 2.29. The number of amides is 1. The minimum Gasteiger partial charge on any atom is -0.378 e. The van der Waals surface area contributed by atoms with E-state index in [9.17, 15) is 9.90 Å². The standard InChI is InChI=1S/C13H16BrNO2S/c1-7(2)3-4-18-11-6-10-8(5-9(11)14)12(16)13(17)15-10/h5-7,12,16H,3-4H2,1-2H3,(H,15,17). The molecule has 1 aromatic rings. The van der Waals surface area contributed by atoms with Gasteiger partial charge in [-0.05, 0) is 46.2 Å². The van der Waals surface area contributed by atoms with Crippen LogP contribution in [0.5, 0.6) is 0 Å². The molecule has 0 bridgehead atoms. The molecule has 0 aliphatic carbocycles. The van der Waals surface area contributed by atoms with Gasteiger partial charge in [0.25, 0.3) is 5.91 Å². The average Bonchev–Trinajstić information content (AvgIpc) is 2.55. The van der Waals surface area contributed by atoms with Gasteiger partial charge in [-0.25, -0.2) is 0 Å². The predicted molar refractivity (Wildman–Crippen MR) is 77.9 cm³/mol. The summed E-state index contributed by atoms with van der Waals surface area (Å²) in [6, 6.07) is 3.76. The van der Waals surface area contributed by atoms with E-state index in [0.717, 1.165) is 27.2 Å². The highest BCUT2D eigenvalue weighted by atomic mass is 79.9. The van der Waals surface area contributed by atoms with E-state index < -0.39 is 6.10 Å². The highest BCUT2D eigenvalue weighted by molar-refractivity contribution is 9.10. The molecule has 2 rings (SSSR count). The van der Waals surface area contributed by atoms with E-state index in [1.165, 1.54) is 0 Å². The molecule has 3 nitrogen and oxygen atoms in total. The first-order chi connectivity index (χ1) is 8.49. The van der Waals surface area contributed by atoms with Gasteiger partial charge in [0, 0.05) is 20.6 Å². The van der Waals surface area contributed by atoms with Crippen LogP contribution in [-0.2, 0) is 4.79 Å². The molecule has 1 aromatic carbocycles. The van der Waals surface area contributed by atoms with Crippen LogP contribution in [0.1, 0.15) is 31.9 Å². The predicted octanol–water partition coefficient (Wildman–Crippen LogP) is 3.57. The lowest BCUT2D eigenvalue weighted by Gasteiger charge is -2.09. The van der Waals surface area contributed by atoms with Crippen LogP contribution in [0.15, 0.2) is 21.5 Å². The summed E-state index contributed by atoms with van der Waals surface area (Å²) >= 11 is 5.26. The minimum atomic E-state index is -1.04. The normalized spacial score (nSPS) is 18.1. The zero-order valence-electron chi connectivity index (χ0n) is 10.4. The van der Waals surface area contributed by atoms with Crippen molar-refractivity contribution in [2.75, 3.05) is 11.1 Å². The molecular weight excluding hydrogens is 314 g/mol. The molecular formula is C13H16BrNO2S. The zero-order valence-corrected chi connectivity index (χ0v) is 12.8. The van der Waals surface area contributed by atoms with E-state index in [2.05, 4.69) is 35.1 Å². The van der Waals surface area contributed by atoms with Crippen LogP contribution >= 0.6 is 27.7 Å². The van der Waals surface area contributed by atoms with Gasteiger partial charge < -0.3 is 10.4 Å². The number of hydrogen-bond donors (Lipinski definition) is 2. The summed E-state index contributed by atoms with van der Waals surface area (Å²) in [4.78, 5) is 12.5. The molecule has 0 radical (unpaired) electrons. The Kier molecular flexibility index (Phi) is 4.35. The number of aliphatic hydroxyl groups excluding tert-OH is 1. The van der Waals surface area contributed by atoms with Gasteiger partial charge >= 0.3 is 0 Å². The number of anilines is 1. The molecule has 0 saturated carbocycles. The smallest absolute Gasteiger partial charge is 0.257 e. The summed E-state index contributed by atoms with van der Waals surface area (Å²) in [6.07, 6.45) is 0.120. The topological polar surface area (TPSA) is 49.3 Å². The van der Waals surface area contributed by atoms with Gasteiger partial charge in [-0.1, -0.05) is 13.8 Å². The quantitative estimate of drug-likeness (QED) is 0.830. The lowest BCUT2D eigenvalue weighted by molar-refractivity contribution is -0.123. The maximum Gasteiger partial charge on any atom is 0.257 e. The molecule has 1 atom stereocenters. The largest absolute Gasteiger partial charge is 0.378 e. The van der Waals surface area contributed by atoms with Crippen molar-refractivity contribution in [1.82, 2.24) is 0 Å². The number of rotatable bonds is 4. The van der Waals surface area contributed by atoms with Gasteiger partial charge in [0.15, 0.2) is 6.10 Å². The Labute approximate surface area is 119 Å². The van der Waals surface area contributed by atoms with E-state index in [-0.39, 0.29) is 5.91 Å². The number of carbonyl (C=O) groups excluding carboxylic acids is 1. The van der Waals surface area contributed by atoms with Gasteiger partial charge in [-0.3, -0.25) is 4.79 Å². The van der Waals surface area contributed by atoms with Gasteiger partial charge in [0.05, 0.1) is 0 Å². The van der Waals surface area contributed by atoms with Gasteiger partial charge in [0.2, 0.25) is 0 Å². The second-order valence-corrected chi connectivity index (χ2v) is 6.78. The second kappa shape index (κ2) is 5.63. The van der Waals surface area contributed by atoms with Gasteiger partial charge in [0.1, 0.15) is 0 Å². The van der Waals surface area contributed by atoms with Crippen LogP contribution in [0, 0.1) is 5.92 Å². The number of carbonyl (C=O) groups is 1. The van der Waals surface area contributed by atoms with E-state index in [0.29, 0.717) is 11.5 Å². The molecule has 1 heterocycles. The fourth-order valence-corrected chi connectivity index (χ4v) is 3.67. The number of thioether (sulfide) groups is 1. The van der Waals surface area contributed by atoms with E-state index in [4.69, 9.17) is 0 Å². The van der Waals surface area contributed by atoms with Gasteiger partial charge in [-0.15, -0.1) is 11.8 Å². The van der Waals surface area contributed by atoms with Crippen molar-refractivity contribution in [2.24, 2.45) is 5.92 Å². The summed E-state index contributed by atoms with van der Waals surface area (Å²) in [5, 5.41) is 12.4. The Morgan fingerprint density at radius 3 is 2.89 bits per heavy atom. The number of benzene rings is 1. The Hall–Kier alpha value is -0.520. The second-order valence-electron chi connectivity index (χ2n) is 4.79. The van der Waals surface area contributed by atoms with Crippen molar-refractivity contribution in [3.63, 3.8) is 0 Å². The monoisotopic (exact) mass is 329 g/mol. The fourth-order valence-electron chi connectivity index (χ4n) is 1.76. The first kappa shape index (κ1) is 13.9. The van der Waals surface area contributed by atoms with Gasteiger partial charge in [-0.2, -0.15) is 0 Å². The molecule has 1 amide bonds. The third kappa shape index (κ3) is 2.90. The Morgan fingerprint density at radius 2 is 2.22 bits per heavy atom. The summed E-state index contributed by atoms with van der Waals surface area (Å²) in [5.74, 6) is 1.39. The maximum atomic E-state index is 11.4. The van der Waals surface area contributed by atoms with Crippen molar-refractivity contribution in [3.8, 4) is 0 Å². The van der Waals surface area contributed by atoms with Crippen LogP contribution in [0.25, 0.3) is 0 Å². The summed E-state index contributed by atoms with van der Waals surface area (Å²) in [5.41, 5.74) is 1.38. The summed E-state index contributed by atoms with van der Waals surface area (Å²) < 4.78 is 0.936.